The van der Waals surface area contributed by atoms with Crippen LogP contribution in [0.25, 0.3) is 0 Å². The summed E-state index contributed by atoms with van der Waals surface area (Å²) < 4.78 is 0. The Kier molecular flexibility index (Phi) is 7.68. The molecule has 2 unspecified atom stereocenters. The molecule has 1 aromatic carbocycles. The van der Waals surface area contributed by atoms with Gasteiger partial charge >= 0.3 is 0 Å². The Morgan fingerprint density at radius 3 is 2.78 bits per heavy atom. The maximum Gasteiger partial charge on any atom is 0.265 e. The normalized spacial score (nSPS) is 17.7. The van der Waals surface area contributed by atoms with E-state index < -0.39 is 0 Å². The van der Waals surface area contributed by atoms with Gasteiger partial charge in [-0.25, -0.2) is 0 Å². The number of nitrogens with two attached hydrogens (primary N) is 1. The van der Waals surface area contributed by atoms with Crippen molar-refractivity contribution in [2.24, 2.45) is 5.73 Å². The van der Waals surface area contributed by atoms with Crippen LogP contribution in [0.2, 0.25) is 5.02 Å². The van der Waals surface area contributed by atoms with Gasteiger partial charge in [-0.2, -0.15) is 0 Å². The van der Waals surface area contributed by atoms with Gasteiger partial charge in [-0.05, 0) is 55.8 Å². The number of hydrogen-bond acceptors (Lipinski definition) is 4. The molecule has 146 valence electrons. The minimum absolute atomic E-state index is 0. The molecule has 3 N–H and O–H groups in total. The summed E-state index contributed by atoms with van der Waals surface area (Å²) in [5.41, 5.74) is 7.02. The number of nitrogens with zero attached hydrogens (tertiary/aromatic N) is 1. The molecule has 2 atom stereocenters. The van der Waals surface area contributed by atoms with Crippen LogP contribution in [0.5, 0.6) is 0 Å². The zero-order valence-electron chi connectivity index (χ0n) is 15.0. The van der Waals surface area contributed by atoms with Gasteiger partial charge in [0.2, 0.25) is 0 Å². The molecule has 1 aromatic heterocycles. The predicted molar refractivity (Wildman–Crippen MR) is 113 cm³/mol. The first kappa shape index (κ1) is 21.7. The Morgan fingerprint density at radius 2 is 2.11 bits per heavy atom. The van der Waals surface area contributed by atoms with Gasteiger partial charge < -0.3 is 16.0 Å². The van der Waals surface area contributed by atoms with Crippen molar-refractivity contribution in [3.05, 3.63) is 51.2 Å². The van der Waals surface area contributed by atoms with Gasteiger partial charge in [-0.15, -0.1) is 23.7 Å². The summed E-state index contributed by atoms with van der Waals surface area (Å²) in [5, 5.41) is 5.02. The molecule has 0 aliphatic carbocycles. The standard InChI is InChI=1S/C19H22ClN3O2S.ClH/c1-12(21)16-5-2-3-9-23(16)19(25)13-7-8-14(20)15(11-13)22-18(24)17-6-4-10-26-17;/h4,6-8,10-12,16H,2-3,5,9,21H2,1H3,(H,22,24);1H. The zero-order valence-corrected chi connectivity index (χ0v) is 17.4. The van der Waals surface area contributed by atoms with E-state index in [1.54, 1.807) is 24.3 Å². The van der Waals surface area contributed by atoms with Crippen LogP contribution < -0.4 is 11.1 Å². The molecule has 0 bridgehead atoms. The molecular formula is C19H23Cl2N3O2S. The zero-order chi connectivity index (χ0) is 18.7. The van der Waals surface area contributed by atoms with Crippen LogP contribution >= 0.6 is 35.3 Å². The molecule has 1 saturated heterocycles. The third kappa shape index (κ3) is 5.02. The molecule has 2 amide bonds. The van der Waals surface area contributed by atoms with Crippen LogP contribution in [0.3, 0.4) is 0 Å². The number of rotatable bonds is 4. The number of hydrogen-bond donors (Lipinski definition) is 2. The lowest BCUT2D eigenvalue weighted by molar-refractivity contribution is 0.0583. The van der Waals surface area contributed by atoms with Crippen molar-refractivity contribution < 1.29 is 9.59 Å². The largest absolute Gasteiger partial charge is 0.334 e. The average molecular weight is 428 g/mol. The summed E-state index contributed by atoms with van der Waals surface area (Å²) in [6.07, 6.45) is 2.97. The molecule has 0 radical (unpaired) electrons. The van der Waals surface area contributed by atoms with Crippen molar-refractivity contribution >= 4 is 52.8 Å². The Hall–Kier alpha value is -1.60. The third-order valence-electron chi connectivity index (χ3n) is 4.62. The lowest BCUT2D eigenvalue weighted by atomic mass is 9.96. The average Bonchev–Trinajstić information content (AvgIpc) is 3.17. The maximum atomic E-state index is 13.0. The van der Waals surface area contributed by atoms with Crippen LogP contribution in [0.15, 0.2) is 35.7 Å². The fraction of sp³-hybridized carbons (Fsp3) is 0.368. The smallest absolute Gasteiger partial charge is 0.265 e. The van der Waals surface area contributed by atoms with Crippen molar-refractivity contribution in [3.63, 3.8) is 0 Å². The summed E-state index contributed by atoms with van der Waals surface area (Å²) in [7, 11) is 0. The van der Waals surface area contributed by atoms with Gasteiger partial charge in [0.15, 0.2) is 0 Å². The number of amides is 2. The molecule has 1 fully saturated rings. The number of likely N-dealkylation sites (tertiary alicyclic amines) is 1. The first-order valence-electron chi connectivity index (χ1n) is 8.68. The molecule has 0 saturated carbocycles. The second-order valence-corrected chi connectivity index (χ2v) is 7.90. The highest BCUT2D eigenvalue weighted by atomic mass is 35.5. The molecule has 1 aliphatic heterocycles. The minimum atomic E-state index is -0.238. The number of nitrogens with one attached hydrogen (secondary N) is 1. The van der Waals surface area contributed by atoms with E-state index in [0.717, 1.165) is 19.3 Å². The lowest BCUT2D eigenvalue weighted by Gasteiger charge is -2.38. The Morgan fingerprint density at radius 1 is 1.33 bits per heavy atom. The summed E-state index contributed by atoms with van der Waals surface area (Å²) in [6, 6.07) is 8.49. The molecular weight excluding hydrogens is 405 g/mol. The number of halogens is 2. The first-order valence-corrected chi connectivity index (χ1v) is 9.94. The summed E-state index contributed by atoms with van der Waals surface area (Å²) >= 11 is 7.56. The number of carbonyl (C=O) groups excluding carboxylic acids is 2. The van der Waals surface area contributed by atoms with Crippen molar-refractivity contribution in [2.75, 3.05) is 11.9 Å². The second-order valence-electron chi connectivity index (χ2n) is 6.55. The monoisotopic (exact) mass is 427 g/mol. The molecule has 2 aromatic rings. The van der Waals surface area contributed by atoms with Gasteiger partial charge in [0, 0.05) is 24.2 Å². The van der Waals surface area contributed by atoms with E-state index in [1.165, 1.54) is 11.3 Å². The van der Waals surface area contributed by atoms with Gasteiger partial charge in [0.25, 0.3) is 11.8 Å². The number of carbonyl (C=O) groups is 2. The predicted octanol–water partition coefficient (Wildman–Crippen LogP) is 4.42. The van der Waals surface area contributed by atoms with Crippen molar-refractivity contribution in [2.45, 2.75) is 38.3 Å². The van der Waals surface area contributed by atoms with E-state index in [0.29, 0.717) is 27.7 Å². The SMILES string of the molecule is CC(N)C1CCCCN1C(=O)c1ccc(Cl)c(NC(=O)c2cccs2)c1.Cl. The van der Waals surface area contributed by atoms with Crippen molar-refractivity contribution in [3.8, 4) is 0 Å². The fourth-order valence-corrected chi connectivity index (χ4v) is 4.05. The number of thiophene rings is 1. The van der Waals surface area contributed by atoms with Gasteiger partial charge in [0.1, 0.15) is 0 Å². The van der Waals surface area contributed by atoms with Gasteiger partial charge in [-0.1, -0.05) is 17.7 Å². The highest BCUT2D eigenvalue weighted by Crippen LogP contribution is 2.27. The molecule has 1 aliphatic rings. The van der Waals surface area contributed by atoms with Crippen LogP contribution in [0.1, 0.15) is 46.2 Å². The summed E-state index contributed by atoms with van der Waals surface area (Å²) in [6.45, 7) is 2.63. The van der Waals surface area contributed by atoms with Crippen LogP contribution in [-0.2, 0) is 0 Å². The number of benzene rings is 1. The van der Waals surface area contributed by atoms with E-state index in [-0.39, 0.29) is 36.3 Å². The topological polar surface area (TPSA) is 75.4 Å². The number of anilines is 1. The van der Waals surface area contributed by atoms with Crippen molar-refractivity contribution in [1.82, 2.24) is 4.90 Å². The van der Waals surface area contributed by atoms with E-state index in [4.69, 9.17) is 17.3 Å². The maximum absolute atomic E-state index is 13.0. The molecule has 2 heterocycles. The molecule has 8 heteroatoms. The highest BCUT2D eigenvalue weighted by molar-refractivity contribution is 7.12. The quantitative estimate of drug-likeness (QED) is 0.757. The van der Waals surface area contributed by atoms with Crippen LogP contribution in [0, 0.1) is 0 Å². The van der Waals surface area contributed by atoms with E-state index in [9.17, 15) is 9.59 Å². The van der Waals surface area contributed by atoms with Gasteiger partial charge in [0.05, 0.1) is 15.6 Å². The lowest BCUT2D eigenvalue weighted by Crippen LogP contribution is -2.51. The Balaban J connectivity index is 0.00000261. The first-order chi connectivity index (χ1) is 12.5. The molecule has 0 spiro atoms. The fourth-order valence-electron chi connectivity index (χ4n) is 3.27. The van der Waals surface area contributed by atoms with Crippen molar-refractivity contribution in [1.29, 1.82) is 0 Å². The Labute approximate surface area is 174 Å². The summed E-state index contributed by atoms with van der Waals surface area (Å²) in [5.74, 6) is -0.312. The van der Waals surface area contributed by atoms with Gasteiger partial charge in [-0.3, -0.25) is 9.59 Å². The third-order valence-corrected chi connectivity index (χ3v) is 5.82. The van der Waals surface area contributed by atoms with E-state index in [1.807, 2.05) is 23.3 Å². The summed E-state index contributed by atoms with van der Waals surface area (Å²) in [4.78, 5) is 27.7. The van der Waals surface area contributed by atoms with Crippen LogP contribution in [-0.4, -0.2) is 35.3 Å². The number of piperidine rings is 1. The highest BCUT2D eigenvalue weighted by Gasteiger charge is 2.30. The molecule has 27 heavy (non-hydrogen) atoms. The minimum Gasteiger partial charge on any atom is -0.334 e. The molecule has 5 nitrogen and oxygen atoms in total. The molecule has 3 rings (SSSR count). The van der Waals surface area contributed by atoms with E-state index >= 15 is 0 Å². The Bertz CT molecular complexity index is 796. The van der Waals surface area contributed by atoms with Crippen LogP contribution in [0.4, 0.5) is 5.69 Å². The van der Waals surface area contributed by atoms with E-state index in [2.05, 4.69) is 5.32 Å². The second kappa shape index (κ2) is 9.55.